The summed E-state index contributed by atoms with van der Waals surface area (Å²) in [6.07, 6.45) is 5.51. The fourth-order valence-electron chi connectivity index (χ4n) is 1.80. The number of aryl methyl sites for hydroxylation is 1. The van der Waals surface area contributed by atoms with Gasteiger partial charge in [-0.15, -0.1) is 0 Å². The molecule has 0 unspecified atom stereocenters. The third kappa shape index (κ3) is 4.45. The average Bonchev–Trinajstić information content (AvgIpc) is 2.52. The second-order valence-electron chi connectivity index (χ2n) is 4.98. The number of hydrogen-bond acceptors (Lipinski definition) is 2. The molecule has 1 rings (SSSR count). The number of rotatable bonds is 5. The SMILES string of the molecule is C/C=C\N=C(C)C(C)=N/C=C(\C)c1ccc(CC)c(F)c1F. The van der Waals surface area contributed by atoms with Crippen LogP contribution in [0.1, 0.15) is 45.7 Å². The lowest BCUT2D eigenvalue weighted by molar-refractivity contribution is 0.497. The summed E-state index contributed by atoms with van der Waals surface area (Å²) in [5.74, 6) is -1.60. The maximum absolute atomic E-state index is 14.1. The Morgan fingerprint density at radius 3 is 2.27 bits per heavy atom. The van der Waals surface area contributed by atoms with Crippen LogP contribution in [-0.2, 0) is 6.42 Å². The highest BCUT2D eigenvalue weighted by Gasteiger charge is 2.13. The monoisotopic (exact) mass is 304 g/mol. The molecule has 0 radical (unpaired) electrons. The van der Waals surface area contributed by atoms with Gasteiger partial charge in [-0.3, -0.25) is 9.98 Å². The largest absolute Gasteiger partial charge is 0.260 e. The normalized spacial score (nSPS) is 14.0. The van der Waals surface area contributed by atoms with E-state index in [4.69, 9.17) is 0 Å². The van der Waals surface area contributed by atoms with Gasteiger partial charge in [0.2, 0.25) is 0 Å². The average molecular weight is 304 g/mol. The zero-order chi connectivity index (χ0) is 16.7. The summed E-state index contributed by atoms with van der Waals surface area (Å²) >= 11 is 0. The van der Waals surface area contributed by atoms with Gasteiger partial charge >= 0.3 is 0 Å². The van der Waals surface area contributed by atoms with Crippen molar-refractivity contribution < 1.29 is 8.78 Å². The highest BCUT2D eigenvalue weighted by atomic mass is 19.2. The van der Waals surface area contributed by atoms with E-state index in [1.807, 2.05) is 26.8 Å². The number of hydrogen-bond donors (Lipinski definition) is 0. The molecule has 0 aliphatic rings. The number of halogens is 2. The molecule has 0 saturated heterocycles. The fraction of sp³-hybridized carbons (Fsp3) is 0.333. The predicted molar refractivity (Wildman–Crippen MR) is 90.4 cm³/mol. The van der Waals surface area contributed by atoms with Crippen molar-refractivity contribution in [2.24, 2.45) is 9.98 Å². The lowest BCUT2D eigenvalue weighted by Crippen LogP contribution is -2.04. The predicted octanol–water partition coefficient (Wildman–Crippen LogP) is 5.34. The van der Waals surface area contributed by atoms with Gasteiger partial charge in [-0.25, -0.2) is 8.78 Å². The molecule has 0 aromatic heterocycles. The first kappa shape index (κ1) is 18.0. The lowest BCUT2D eigenvalue weighted by atomic mass is 10.0. The Morgan fingerprint density at radius 2 is 1.68 bits per heavy atom. The molecule has 1 aromatic carbocycles. The maximum atomic E-state index is 14.1. The molecule has 118 valence electrons. The molecule has 0 saturated carbocycles. The minimum Gasteiger partial charge on any atom is -0.260 e. The minimum absolute atomic E-state index is 0.231. The van der Waals surface area contributed by atoms with Gasteiger partial charge in [-0.1, -0.05) is 25.1 Å². The number of allylic oxidation sites excluding steroid dienone is 2. The van der Waals surface area contributed by atoms with E-state index >= 15 is 0 Å². The van der Waals surface area contributed by atoms with Gasteiger partial charge in [0.15, 0.2) is 11.6 Å². The first-order valence-corrected chi connectivity index (χ1v) is 7.26. The Bertz CT molecular complexity index is 653. The van der Waals surface area contributed by atoms with Gasteiger partial charge in [0.1, 0.15) is 0 Å². The molecule has 2 nitrogen and oxygen atoms in total. The van der Waals surface area contributed by atoms with Crippen LogP contribution in [0.4, 0.5) is 8.78 Å². The third-order valence-corrected chi connectivity index (χ3v) is 3.36. The van der Waals surface area contributed by atoms with Crippen LogP contribution in [0.25, 0.3) is 5.57 Å². The summed E-state index contributed by atoms with van der Waals surface area (Å²) in [6.45, 7) is 9.05. The van der Waals surface area contributed by atoms with Gasteiger partial charge < -0.3 is 0 Å². The molecule has 0 aliphatic carbocycles. The molecule has 0 heterocycles. The van der Waals surface area contributed by atoms with Gasteiger partial charge in [0.05, 0.1) is 11.4 Å². The van der Waals surface area contributed by atoms with Crippen molar-refractivity contribution >= 4 is 17.0 Å². The molecule has 1 aromatic rings. The first-order valence-electron chi connectivity index (χ1n) is 7.26. The first-order chi connectivity index (χ1) is 10.4. The van der Waals surface area contributed by atoms with E-state index in [2.05, 4.69) is 9.98 Å². The highest BCUT2D eigenvalue weighted by molar-refractivity contribution is 6.40. The molecular formula is C18H22F2N2. The fourth-order valence-corrected chi connectivity index (χ4v) is 1.80. The van der Waals surface area contributed by atoms with Crippen molar-refractivity contribution in [3.63, 3.8) is 0 Å². The zero-order valence-electron chi connectivity index (χ0n) is 13.7. The zero-order valence-corrected chi connectivity index (χ0v) is 13.7. The number of nitrogens with zero attached hydrogens (tertiary/aromatic N) is 2. The Labute approximate surface area is 131 Å². The Kier molecular flexibility index (Phi) is 6.83. The standard InChI is InChI=1S/C18H22F2N2/c1-6-10-21-13(4)14(5)22-11-12(3)16-9-8-15(7-2)17(19)18(16)20/h6,8-11H,7H2,1-5H3/b10-6-,12-11+,21-13?,22-14?. The van der Waals surface area contributed by atoms with Gasteiger partial charge in [-0.05, 0) is 45.3 Å². The summed E-state index contributed by atoms with van der Waals surface area (Å²) in [5, 5.41) is 0. The molecular weight excluding hydrogens is 282 g/mol. The van der Waals surface area contributed by atoms with Crippen molar-refractivity contribution in [1.29, 1.82) is 0 Å². The van der Waals surface area contributed by atoms with Crippen molar-refractivity contribution in [3.8, 4) is 0 Å². The maximum Gasteiger partial charge on any atom is 0.166 e. The second kappa shape index (κ2) is 8.37. The van der Waals surface area contributed by atoms with Crippen LogP contribution in [0, 0.1) is 11.6 Å². The molecule has 0 atom stereocenters. The van der Waals surface area contributed by atoms with Crippen LogP contribution in [0.2, 0.25) is 0 Å². The Balaban J connectivity index is 3.11. The van der Waals surface area contributed by atoms with E-state index in [0.29, 0.717) is 17.6 Å². The van der Waals surface area contributed by atoms with Gasteiger partial charge in [0.25, 0.3) is 0 Å². The van der Waals surface area contributed by atoms with E-state index in [1.165, 1.54) is 6.20 Å². The summed E-state index contributed by atoms with van der Waals surface area (Å²) in [6, 6.07) is 3.20. The topological polar surface area (TPSA) is 24.7 Å². The van der Waals surface area contributed by atoms with Crippen LogP contribution >= 0.6 is 0 Å². The van der Waals surface area contributed by atoms with Crippen LogP contribution in [0.3, 0.4) is 0 Å². The van der Waals surface area contributed by atoms with Crippen LogP contribution < -0.4 is 0 Å². The second-order valence-corrected chi connectivity index (χ2v) is 4.98. The molecule has 0 bridgehead atoms. The van der Waals surface area contributed by atoms with Crippen molar-refractivity contribution in [1.82, 2.24) is 0 Å². The summed E-state index contributed by atoms with van der Waals surface area (Å²) < 4.78 is 27.9. The van der Waals surface area contributed by atoms with E-state index in [1.54, 1.807) is 32.2 Å². The molecule has 4 heteroatoms. The smallest absolute Gasteiger partial charge is 0.166 e. The molecule has 22 heavy (non-hydrogen) atoms. The molecule has 0 N–H and O–H groups in total. The van der Waals surface area contributed by atoms with Crippen LogP contribution in [-0.4, -0.2) is 11.4 Å². The summed E-state index contributed by atoms with van der Waals surface area (Å²) in [5.41, 5.74) is 2.67. The Morgan fingerprint density at radius 1 is 1.05 bits per heavy atom. The minimum atomic E-state index is -0.819. The van der Waals surface area contributed by atoms with E-state index in [9.17, 15) is 8.78 Å². The van der Waals surface area contributed by atoms with Crippen molar-refractivity contribution in [2.45, 2.75) is 41.0 Å². The number of benzene rings is 1. The summed E-state index contributed by atoms with van der Waals surface area (Å²) in [4.78, 5) is 8.46. The highest BCUT2D eigenvalue weighted by Crippen LogP contribution is 2.23. The quantitative estimate of drug-likeness (QED) is 0.656. The van der Waals surface area contributed by atoms with E-state index in [0.717, 1.165) is 11.4 Å². The summed E-state index contributed by atoms with van der Waals surface area (Å²) in [7, 11) is 0. The van der Waals surface area contributed by atoms with Crippen LogP contribution in [0.5, 0.6) is 0 Å². The van der Waals surface area contributed by atoms with Gasteiger partial charge in [-0.2, -0.15) is 0 Å². The third-order valence-electron chi connectivity index (χ3n) is 3.36. The van der Waals surface area contributed by atoms with Crippen LogP contribution in [0.15, 0.2) is 40.6 Å². The Hall–Kier alpha value is -2.10. The molecule has 0 spiro atoms. The van der Waals surface area contributed by atoms with E-state index in [-0.39, 0.29) is 5.56 Å². The van der Waals surface area contributed by atoms with Crippen molar-refractivity contribution in [3.05, 3.63) is 53.4 Å². The number of aliphatic imine (C=N–C) groups is 2. The molecule has 0 aliphatic heterocycles. The van der Waals surface area contributed by atoms with Gasteiger partial charge in [0, 0.05) is 18.0 Å². The molecule has 0 amide bonds. The lowest BCUT2D eigenvalue weighted by Gasteiger charge is -2.07. The molecule has 0 fully saturated rings. The van der Waals surface area contributed by atoms with Crippen molar-refractivity contribution in [2.75, 3.05) is 0 Å². The van der Waals surface area contributed by atoms with E-state index < -0.39 is 11.6 Å².